The third-order valence-electron chi connectivity index (χ3n) is 6.95. The molecule has 0 radical (unpaired) electrons. The second kappa shape index (κ2) is 9.86. The number of hydrogen-bond acceptors (Lipinski definition) is 7. The number of carbonyl (C=O) groups excluding carboxylic acids is 3. The zero-order valence-corrected chi connectivity index (χ0v) is 22.8. The zero-order valence-electron chi connectivity index (χ0n) is 19.5. The molecule has 0 aliphatic carbocycles. The summed E-state index contributed by atoms with van der Waals surface area (Å²) in [4.78, 5) is 57.2. The first-order valence-corrected chi connectivity index (χ1v) is 14.4. The summed E-state index contributed by atoms with van der Waals surface area (Å²) in [5, 5.41) is -0.0990. The van der Waals surface area contributed by atoms with Crippen molar-refractivity contribution < 1.29 is 19.1 Å². The molecule has 8 nitrogen and oxygen atoms in total. The minimum Gasteiger partial charge on any atom is -0.378 e. The van der Waals surface area contributed by atoms with E-state index in [2.05, 4.69) is 15.9 Å². The molecule has 1 aromatic heterocycles. The number of halogens is 1. The molecular formula is C26H22BrN3O5S2. The van der Waals surface area contributed by atoms with Crippen LogP contribution < -0.4 is 9.77 Å². The third kappa shape index (κ3) is 4.27. The SMILES string of the molecule is O=C(Cn1c2c(sc1=O)[C@H](c1ccccc1)C1C(=O)N(c3ccc(Br)cc3)C(=O)C1S2)N1CCOCC1. The van der Waals surface area contributed by atoms with E-state index in [4.69, 9.17) is 4.74 Å². The maximum atomic E-state index is 13.8. The van der Waals surface area contributed by atoms with E-state index in [1.54, 1.807) is 29.2 Å². The van der Waals surface area contributed by atoms with E-state index >= 15 is 0 Å². The summed E-state index contributed by atoms with van der Waals surface area (Å²) in [6.07, 6.45) is 0. The molecule has 2 fully saturated rings. The van der Waals surface area contributed by atoms with Gasteiger partial charge in [-0.1, -0.05) is 69.4 Å². The fraction of sp³-hybridized carbons (Fsp3) is 0.308. The van der Waals surface area contributed by atoms with E-state index in [0.717, 1.165) is 26.3 Å². The number of ether oxygens (including phenoxy) is 1. The van der Waals surface area contributed by atoms with E-state index in [9.17, 15) is 19.2 Å². The predicted molar refractivity (Wildman–Crippen MR) is 144 cm³/mol. The van der Waals surface area contributed by atoms with Gasteiger partial charge >= 0.3 is 4.87 Å². The molecule has 0 N–H and O–H groups in total. The van der Waals surface area contributed by atoms with Crippen molar-refractivity contribution in [3.8, 4) is 0 Å². The standard InChI is InChI=1S/C26H22BrN3O5S2/c27-16-6-8-17(9-7-16)30-23(32)20-19(15-4-2-1-3-5-15)22-25(36-21(20)24(30)33)29(26(34)37-22)14-18(31)28-10-12-35-13-11-28/h1-9,19-21H,10-14H2/t19-,20?,21?/m1/s1. The lowest BCUT2D eigenvalue weighted by Gasteiger charge is -2.31. The Morgan fingerprint density at radius 2 is 1.68 bits per heavy atom. The molecule has 190 valence electrons. The highest BCUT2D eigenvalue weighted by Crippen LogP contribution is 2.53. The van der Waals surface area contributed by atoms with Gasteiger partial charge in [0.25, 0.3) is 0 Å². The van der Waals surface area contributed by atoms with Gasteiger partial charge in [-0.05, 0) is 29.8 Å². The van der Waals surface area contributed by atoms with E-state index in [1.165, 1.54) is 21.2 Å². The van der Waals surface area contributed by atoms with Crippen LogP contribution in [0.1, 0.15) is 16.4 Å². The number of thiazole rings is 1. The number of anilines is 1. The highest BCUT2D eigenvalue weighted by atomic mass is 79.9. The fourth-order valence-corrected chi connectivity index (χ4v) is 8.21. The maximum Gasteiger partial charge on any atom is 0.308 e. The van der Waals surface area contributed by atoms with Crippen LogP contribution in [0.3, 0.4) is 0 Å². The molecule has 2 unspecified atom stereocenters. The van der Waals surface area contributed by atoms with Crippen molar-refractivity contribution in [2.24, 2.45) is 5.92 Å². The Labute approximate surface area is 229 Å². The number of nitrogens with zero attached hydrogens (tertiary/aromatic N) is 3. The molecule has 3 amide bonds. The van der Waals surface area contributed by atoms with E-state index in [-0.39, 0.29) is 29.1 Å². The summed E-state index contributed by atoms with van der Waals surface area (Å²) in [7, 11) is 0. The van der Waals surface area contributed by atoms with Crippen molar-refractivity contribution in [2.75, 3.05) is 31.2 Å². The quantitative estimate of drug-likeness (QED) is 0.427. The molecule has 2 aromatic carbocycles. The maximum absolute atomic E-state index is 13.8. The number of hydrogen-bond donors (Lipinski definition) is 0. The Bertz CT molecular complexity index is 1430. The second-order valence-corrected chi connectivity index (χ2v) is 12.1. The topological polar surface area (TPSA) is 88.9 Å². The summed E-state index contributed by atoms with van der Waals surface area (Å²) in [5.41, 5.74) is 1.38. The molecule has 4 heterocycles. The number of carbonyl (C=O) groups is 3. The minimum absolute atomic E-state index is 0.102. The molecule has 0 spiro atoms. The molecule has 3 aliphatic heterocycles. The normalized spacial score (nSPS) is 23.2. The summed E-state index contributed by atoms with van der Waals surface area (Å²) >= 11 is 5.70. The van der Waals surface area contributed by atoms with Crippen molar-refractivity contribution in [3.63, 3.8) is 0 Å². The van der Waals surface area contributed by atoms with Gasteiger partial charge < -0.3 is 9.64 Å². The first kappa shape index (κ1) is 24.6. The van der Waals surface area contributed by atoms with Gasteiger partial charge in [0, 0.05) is 28.4 Å². The van der Waals surface area contributed by atoms with E-state index in [0.29, 0.717) is 37.0 Å². The molecule has 2 saturated heterocycles. The van der Waals surface area contributed by atoms with Crippen LogP contribution >= 0.6 is 39.0 Å². The third-order valence-corrected chi connectivity index (χ3v) is 10.1. The highest BCUT2D eigenvalue weighted by molar-refractivity contribution is 9.10. The second-order valence-electron chi connectivity index (χ2n) is 9.06. The Morgan fingerprint density at radius 3 is 2.38 bits per heavy atom. The number of amides is 3. The Hall–Kier alpha value is -2.73. The predicted octanol–water partition coefficient (Wildman–Crippen LogP) is 3.33. The van der Waals surface area contributed by atoms with Crippen molar-refractivity contribution >= 4 is 62.4 Å². The Kier molecular flexibility index (Phi) is 6.56. The van der Waals surface area contributed by atoms with Crippen LogP contribution in [0.5, 0.6) is 0 Å². The number of morpholine rings is 1. The monoisotopic (exact) mass is 599 g/mol. The van der Waals surface area contributed by atoms with E-state index in [1.807, 2.05) is 30.3 Å². The number of aromatic nitrogens is 1. The van der Waals surface area contributed by atoms with Crippen LogP contribution in [0.15, 0.2) is 68.9 Å². The number of fused-ring (bicyclic) bond motifs is 2. The lowest BCUT2D eigenvalue weighted by atomic mass is 9.83. The van der Waals surface area contributed by atoms with Crippen molar-refractivity contribution in [1.29, 1.82) is 0 Å². The summed E-state index contributed by atoms with van der Waals surface area (Å²) in [5.74, 6) is -1.86. The van der Waals surface area contributed by atoms with Crippen LogP contribution in [0, 0.1) is 5.92 Å². The van der Waals surface area contributed by atoms with Crippen LogP contribution in [0.2, 0.25) is 0 Å². The van der Waals surface area contributed by atoms with Crippen LogP contribution in [0.25, 0.3) is 0 Å². The number of benzene rings is 2. The average molecular weight is 601 g/mol. The van der Waals surface area contributed by atoms with Gasteiger partial charge in [-0.25, -0.2) is 4.90 Å². The van der Waals surface area contributed by atoms with Gasteiger partial charge in [-0.15, -0.1) is 0 Å². The smallest absolute Gasteiger partial charge is 0.308 e. The van der Waals surface area contributed by atoms with Crippen molar-refractivity contribution in [1.82, 2.24) is 9.47 Å². The van der Waals surface area contributed by atoms with Gasteiger partial charge in [0.2, 0.25) is 17.7 Å². The Balaban J connectivity index is 1.42. The largest absolute Gasteiger partial charge is 0.378 e. The van der Waals surface area contributed by atoms with Crippen LogP contribution in [-0.4, -0.2) is 58.7 Å². The zero-order chi connectivity index (χ0) is 25.7. The van der Waals surface area contributed by atoms with Crippen LogP contribution in [-0.2, 0) is 25.7 Å². The molecule has 37 heavy (non-hydrogen) atoms. The molecule has 0 saturated carbocycles. The summed E-state index contributed by atoms with van der Waals surface area (Å²) in [6, 6.07) is 16.6. The molecule has 3 atom stereocenters. The first-order chi connectivity index (χ1) is 17.9. The fourth-order valence-electron chi connectivity index (χ4n) is 5.17. The van der Waals surface area contributed by atoms with Crippen molar-refractivity contribution in [3.05, 3.63) is 79.2 Å². The highest BCUT2D eigenvalue weighted by Gasteiger charge is 2.56. The summed E-state index contributed by atoms with van der Waals surface area (Å²) in [6.45, 7) is 1.81. The molecule has 0 bridgehead atoms. The van der Waals surface area contributed by atoms with Crippen molar-refractivity contribution in [2.45, 2.75) is 22.7 Å². The minimum atomic E-state index is -0.701. The Morgan fingerprint density at radius 1 is 0.973 bits per heavy atom. The van der Waals surface area contributed by atoms with Gasteiger partial charge in [-0.3, -0.25) is 23.7 Å². The number of thioether (sulfide) groups is 1. The first-order valence-electron chi connectivity index (χ1n) is 11.9. The molecular weight excluding hydrogens is 578 g/mol. The number of imide groups is 1. The molecule has 11 heteroatoms. The lowest BCUT2D eigenvalue weighted by Crippen LogP contribution is -2.43. The van der Waals surface area contributed by atoms with Crippen LogP contribution in [0.4, 0.5) is 5.69 Å². The van der Waals surface area contributed by atoms with Gasteiger partial charge in [0.1, 0.15) is 11.8 Å². The summed E-state index contributed by atoms with van der Waals surface area (Å²) < 4.78 is 7.67. The van der Waals surface area contributed by atoms with Gasteiger partial charge in [0.15, 0.2) is 0 Å². The average Bonchev–Trinajstić information content (AvgIpc) is 3.36. The van der Waals surface area contributed by atoms with Gasteiger partial charge in [-0.2, -0.15) is 0 Å². The van der Waals surface area contributed by atoms with Gasteiger partial charge in [0.05, 0.1) is 29.8 Å². The molecule has 3 aromatic rings. The van der Waals surface area contributed by atoms with E-state index < -0.39 is 17.1 Å². The molecule has 6 rings (SSSR count). The molecule has 3 aliphatic rings. The lowest BCUT2D eigenvalue weighted by molar-refractivity contribution is -0.136. The number of rotatable bonds is 4.